The first-order chi connectivity index (χ1) is 19.4. The monoisotopic (exact) mass is 540 g/mol. The number of pyridine rings is 1. The molecule has 40 heavy (non-hydrogen) atoms. The number of nitrogens with zero attached hydrogens (tertiary/aromatic N) is 4. The smallest absolute Gasteiger partial charge is 0.267 e. The first-order valence-corrected chi connectivity index (χ1v) is 13.1. The molecule has 2 aromatic carbocycles. The molecule has 1 fully saturated rings. The Balaban J connectivity index is 1.31. The number of amides is 1. The lowest BCUT2D eigenvalue weighted by atomic mass is 9.87. The largest absolute Gasteiger partial charge is 0.382 e. The van der Waals surface area contributed by atoms with Crippen LogP contribution in [-0.2, 0) is 0 Å². The Kier molecular flexibility index (Phi) is 6.59. The first kappa shape index (κ1) is 25.4. The van der Waals surface area contributed by atoms with E-state index in [1.165, 1.54) is 66.0 Å². The van der Waals surface area contributed by atoms with E-state index in [0.29, 0.717) is 28.2 Å². The summed E-state index contributed by atoms with van der Waals surface area (Å²) in [7, 11) is 0. The van der Waals surface area contributed by atoms with E-state index in [2.05, 4.69) is 15.4 Å². The zero-order valence-electron chi connectivity index (χ0n) is 21.5. The van der Waals surface area contributed by atoms with E-state index in [1.807, 2.05) is 6.07 Å². The molecule has 0 radical (unpaired) electrons. The molecule has 1 aliphatic carbocycles. The van der Waals surface area contributed by atoms with Crippen molar-refractivity contribution in [2.75, 3.05) is 11.1 Å². The van der Waals surface area contributed by atoms with Crippen LogP contribution < -0.4 is 16.6 Å². The highest BCUT2D eigenvalue weighted by Crippen LogP contribution is 2.39. The summed E-state index contributed by atoms with van der Waals surface area (Å²) in [5.74, 6) is -1.15. The molecule has 0 saturated heterocycles. The lowest BCUT2D eigenvalue weighted by molar-refractivity contribution is 0.102. The summed E-state index contributed by atoms with van der Waals surface area (Å²) in [6.07, 6.45) is 8.42. The molecule has 10 heteroatoms. The number of halogens is 2. The van der Waals surface area contributed by atoms with Crippen molar-refractivity contribution < 1.29 is 13.6 Å². The number of aromatic nitrogens is 4. The van der Waals surface area contributed by atoms with Gasteiger partial charge < -0.3 is 11.1 Å². The van der Waals surface area contributed by atoms with Crippen molar-refractivity contribution >= 4 is 22.9 Å². The molecule has 6 rings (SSSR count). The molecule has 3 aromatic heterocycles. The van der Waals surface area contributed by atoms with Gasteiger partial charge in [-0.25, -0.2) is 18.3 Å². The molecule has 5 aromatic rings. The molecule has 0 unspecified atom stereocenters. The van der Waals surface area contributed by atoms with Crippen molar-refractivity contribution in [3.63, 3.8) is 0 Å². The molecular weight excluding hydrogens is 514 g/mol. The average Bonchev–Trinajstić information content (AvgIpc) is 3.35. The molecule has 0 atom stereocenters. The quantitative estimate of drug-likeness (QED) is 0.297. The van der Waals surface area contributed by atoms with E-state index in [0.717, 1.165) is 31.4 Å². The Hall–Kier alpha value is -4.86. The summed E-state index contributed by atoms with van der Waals surface area (Å²) in [6, 6.07) is 14.5. The number of nitrogen functional groups attached to an aromatic ring is 1. The lowest BCUT2D eigenvalue weighted by Gasteiger charge is -2.21. The number of benzene rings is 2. The summed E-state index contributed by atoms with van der Waals surface area (Å²) in [4.78, 5) is 30.1. The zero-order valence-corrected chi connectivity index (χ0v) is 21.5. The van der Waals surface area contributed by atoms with Gasteiger partial charge in [-0.05, 0) is 73.5 Å². The van der Waals surface area contributed by atoms with E-state index >= 15 is 4.39 Å². The Morgan fingerprint density at radius 2 is 1.75 bits per heavy atom. The molecule has 1 amide bonds. The van der Waals surface area contributed by atoms with Gasteiger partial charge in [-0.1, -0.05) is 19.3 Å². The second-order valence-electron chi connectivity index (χ2n) is 9.95. The van der Waals surface area contributed by atoms with Gasteiger partial charge in [-0.3, -0.25) is 14.2 Å². The Labute approximate surface area is 228 Å². The van der Waals surface area contributed by atoms with Gasteiger partial charge in [-0.15, -0.1) is 0 Å². The fourth-order valence-corrected chi connectivity index (χ4v) is 5.47. The highest BCUT2D eigenvalue weighted by Gasteiger charge is 2.24. The van der Waals surface area contributed by atoms with Crippen LogP contribution >= 0.6 is 0 Å². The van der Waals surface area contributed by atoms with Gasteiger partial charge >= 0.3 is 0 Å². The molecule has 3 heterocycles. The number of carbonyl (C=O) groups excluding carboxylic acids is 1. The van der Waals surface area contributed by atoms with Crippen LogP contribution in [0.15, 0.2) is 78.0 Å². The summed E-state index contributed by atoms with van der Waals surface area (Å²) in [5.41, 5.74) is 8.50. The second-order valence-corrected chi connectivity index (χ2v) is 9.95. The predicted molar refractivity (Wildman–Crippen MR) is 149 cm³/mol. The van der Waals surface area contributed by atoms with Crippen LogP contribution in [0.25, 0.3) is 22.3 Å². The summed E-state index contributed by atoms with van der Waals surface area (Å²) >= 11 is 0. The Bertz CT molecular complexity index is 1790. The highest BCUT2D eigenvalue weighted by molar-refractivity contribution is 6.04. The minimum absolute atomic E-state index is 0.142. The van der Waals surface area contributed by atoms with Crippen LogP contribution in [0.3, 0.4) is 0 Å². The van der Waals surface area contributed by atoms with Crippen LogP contribution in [0.5, 0.6) is 0 Å². The molecule has 0 spiro atoms. The number of hydrogen-bond acceptors (Lipinski definition) is 5. The lowest BCUT2D eigenvalue weighted by Crippen LogP contribution is -2.27. The van der Waals surface area contributed by atoms with E-state index in [4.69, 9.17) is 5.73 Å². The topological polar surface area (TPSA) is 107 Å². The van der Waals surface area contributed by atoms with Crippen molar-refractivity contribution in [3.05, 3.63) is 106 Å². The Morgan fingerprint density at radius 3 is 2.50 bits per heavy atom. The summed E-state index contributed by atoms with van der Waals surface area (Å²) < 4.78 is 31.9. The van der Waals surface area contributed by atoms with Crippen LogP contribution in [0.4, 0.5) is 20.3 Å². The van der Waals surface area contributed by atoms with Gasteiger partial charge in [0.15, 0.2) is 5.82 Å². The number of anilines is 2. The van der Waals surface area contributed by atoms with E-state index in [9.17, 15) is 14.0 Å². The number of nitrogens with two attached hydrogens (primary N) is 1. The number of hydrogen-bond donors (Lipinski definition) is 2. The minimum Gasteiger partial charge on any atom is -0.382 e. The predicted octanol–water partition coefficient (Wildman–Crippen LogP) is 5.71. The van der Waals surface area contributed by atoms with Crippen molar-refractivity contribution in [2.24, 2.45) is 0 Å². The molecule has 1 saturated carbocycles. The van der Waals surface area contributed by atoms with Gasteiger partial charge in [0.1, 0.15) is 29.0 Å². The third-order valence-electron chi connectivity index (χ3n) is 7.45. The summed E-state index contributed by atoms with van der Waals surface area (Å²) in [5, 5.41) is 7.03. The summed E-state index contributed by atoms with van der Waals surface area (Å²) in [6.45, 7) is 0. The standard InChI is InChI=1S/C30H26F2N6O2/c31-19-8-11-21(12-9-19)37-14-4-7-23(30(37)40)29(39)36-20-10-13-22(25(32)15-20)24-16-26(18-5-2-1-3-6-18)38-27(24)28(33)34-17-35-38/h4,7-18H,1-3,5-6H2,(H,36,39)(H2,33,34,35). The molecule has 0 aliphatic heterocycles. The van der Waals surface area contributed by atoms with Crippen molar-refractivity contribution in [2.45, 2.75) is 38.0 Å². The SMILES string of the molecule is Nc1ncnn2c(C3CCCCC3)cc(-c3ccc(NC(=O)c4cccn(-c5ccc(F)cc5)c4=O)cc3F)c12. The minimum atomic E-state index is -0.694. The molecule has 0 bridgehead atoms. The fourth-order valence-electron chi connectivity index (χ4n) is 5.47. The third kappa shape index (κ3) is 4.61. The molecule has 202 valence electrons. The maximum Gasteiger partial charge on any atom is 0.267 e. The number of carbonyl (C=O) groups is 1. The average molecular weight is 541 g/mol. The van der Waals surface area contributed by atoms with Crippen LogP contribution in [-0.4, -0.2) is 25.1 Å². The van der Waals surface area contributed by atoms with Crippen molar-refractivity contribution in [1.82, 2.24) is 19.2 Å². The van der Waals surface area contributed by atoms with Crippen LogP contribution in [0, 0.1) is 11.6 Å². The van der Waals surface area contributed by atoms with Crippen LogP contribution in [0.1, 0.15) is 54.1 Å². The molecule has 1 aliphatic rings. The fraction of sp³-hybridized carbons (Fsp3) is 0.200. The normalized spacial score (nSPS) is 13.9. The van der Waals surface area contributed by atoms with Crippen molar-refractivity contribution in [1.29, 1.82) is 0 Å². The van der Waals surface area contributed by atoms with Gasteiger partial charge in [0.05, 0.1) is 0 Å². The van der Waals surface area contributed by atoms with Crippen LogP contribution in [0.2, 0.25) is 0 Å². The maximum atomic E-state index is 15.6. The second kappa shape index (κ2) is 10.4. The third-order valence-corrected chi connectivity index (χ3v) is 7.45. The van der Waals surface area contributed by atoms with E-state index in [-0.39, 0.29) is 17.1 Å². The maximum absolute atomic E-state index is 15.6. The van der Waals surface area contributed by atoms with E-state index in [1.54, 1.807) is 16.6 Å². The Morgan fingerprint density at radius 1 is 0.975 bits per heavy atom. The number of fused-ring (bicyclic) bond motifs is 1. The van der Waals surface area contributed by atoms with Gasteiger partial charge in [0.25, 0.3) is 11.5 Å². The van der Waals surface area contributed by atoms with E-state index < -0.39 is 23.1 Å². The first-order valence-electron chi connectivity index (χ1n) is 13.1. The van der Waals surface area contributed by atoms with Gasteiger partial charge in [-0.2, -0.15) is 5.10 Å². The highest BCUT2D eigenvalue weighted by atomic mass is 19.1. The van der Waals surface area contributed by atoms with Gasteiger partial charge in [0, 0.05) is 40.3 Å². The number of nitrogens with one attached hydrogen (secondary N) is 1. The van der Waals surface area contributed by atoms with Gasteiger partial charge in [0.2, 0.25) is 0 Å². The molecular formula is C30H26F2N6O2. The van der Waals surface area contributed by atoms with Crippen molar-refractivity contribution in [3.8, 4) is 16.8 Å². The number of rotatable bonds is 5. The zero-order chi connectivity index (χ0) is 27.8. The molecule has 8 nitrogen and oxygen atoms in total. The molecule has 3 N–H and O–H groups in total.